The standard InChI is InChI=1S/C15H15BrFNO/c1-11(13-7-8-15(17)14(16)9-13)18-19-10-12-5-3-2-4-6-12/h2-9,11,18H,10H2,1H3. The Morgan fingerprint density at radius 2 is 1.95 bits per heavy atom. The van der Waals surface area contributed by atoms with Gasteiger partial charge in [0.15, 0.2) is 0 Å². The fraction of sp³-hybridized carbons (Fsp3) is 0.200. The molecule has 4 heteroatoms. The Kier molecular flexibility index (Phi) is 5.07. The molecule has 19 heavy (non-hydrogen) atoms. The van der Waals surface area contributed by atoms with E-state index >= 15 is 0 Å². The molecule has 1 unspecified atom stereocenters. The summed E-state index contributed by atoms with van der Waals surface area (Å²) < 4.78 is 13.6. The molecule has 0 aliphatic rings. The molecular weight excluding hydrogens is 309 g/mol. The summed E-state index contributed by atoms with van der Waals surface area (Å²) in [6.07, 6.45) is 0. The molecular formula is C15H15BrFNO. The van der Waals surface area contributed by atoms with E-state index in [0.29, 0.717) is 11.1 Å². The maximum Gasteiger partial charge on any atom is 0.137 e. The monoisotopic (exact) mass is 323 g/mol. The van der Waals surface area contributed by atoms with E-state index in [-0.39, 0.29) is 11.9 Å². The van der Waals surface area contributed by atoms with Gasteiger partial charge in [-0.3, -0.25) is 4.84 Å². The molecule has 0 heterocycles. The van der Waals surface area contributed by atoms with E-state index in [0.717, 1.165) is 11.1 Å². The lowest BCUT2D eigenvalue weighted by Crippen LogP contribution is -2.19. The predicted octanol–water partition coefficient (Wildman–Crippen LogP) is 4.37. The quantitative estimate of drug-likeness (QED) is 0.825. The van der Waals surface area contributed by atoms with Gasteiger partial charge in [0.25, 0.3) is 0 Å². The fourth-order valence-corrected chi connectivity index (χ4v) is 2.07. The van der Waals surface area contributed by atoms with Crippen molar-refractivity contribution in [1.82, 2.24) is 5.48 Å². The maximum absolute atomic E-state index is 13.1. The van der Waals surface area contributed by atoms with Crippen LogP contribution in [0, 0.1) is 5.82 Å². The number of hydrogen-bond acceptors (Lipinski definition) is 2. The SMILES string of the molecule is CC(NOCc1ccccc1)c1ccc(F)c(Br)c1. The zero-order valence-corrected chi connectivity index (χ0v) is 12.2. The highest BCUT2D eigenvalue weighted by molar-refractivity contribution is 9.10. The summed E-state index contributed by atoms with van der Waals surface area (Å²) >= 11 is 3.18. The molecule has 2 aromatic rings. The smallest absolute Gasteiger partial charge is 0.137 e. The third kappa shape index (κ3) is 4.13. The molecule has 0 saturated heterocycles. The van der Waals surface area contributed by atoms with Gasteiger partial charge in [-0.15, -0.1) is 0 Å². The second kappa shape index (κ2) is 6.80. The fourth-order valence-electron chi connectivity index (χ4n) is 1.67. The molecule has 0 amide bonds. The number of nitrogens with one attached hydrogen (secondary N) is 1. The minimum atomic E-state index is -0.263. The van der Waals surface area contributed by atoms with Crippen LogP contribution in [-0.2, 0) is 11.4 Å². The van der Waals surface area contributed by atoms with Gasteiger partial charge in [-0.1, -0.05) is 36.4 Å². The second-order valence-electron chi connectivity index (χ2n) is 4.29. The molecule has 100 valence electrons. The number of halogens is 2. The molecule has 0 aliphatic carbocycles. The van der Waals surface area contributed by atoms with Crippen molar-refractivity contribution < 1.29 is 9.23 Å². The second-order valence-corrected chi connectivity index (χ2v) is 5.14. The van der Waals surface area contributed by atoms with E-state index in [4.69, 9.17) is 4.84 Å². The number of rotatable bonds is 5. The molecule has 2 rings (SSSR count). The van der Waals surface area contributed by atoms with Crippen LogP contribution in [-0.4, -0.2) is 0 Å². The lowest BCUT2D eigenvalue weighted by atomic mass is 10.1. The van der Waals surface area contributed by atoms with E-state index in [9.17, 15) is 4.39 Å². The lowest BCUT2D eigenvalue weighted by Gasteiger charge is -2.14. The number of hydroxylamine groups is 1. The van der Waals surface area contributed by atoms with Gasteiger partial charge in [0, 0.05) is 0 Å². The summed E-state index contributed by atoms with van der Waals surface area (Å²) in [6, 6.07) is 14.8. The third-order valence-electron chi connectivity index (χ3n) is 2.79. The van der Waals surface area contributed by atoms with Crippen LogP contribution in [0.15, 0.2) is 53.0 Å². The third-order valence-corrected chi connectivity index (χ3v) is 3.39. The molecule has 0 fully saturated rings. The minimum absolute atomic E-state index is 0.0133. The summed E-state index contributed by atoms with van der Waals surface area (Å²) in [6.45, 7) is 2.46. The van der Waals surface area contributed by atoms with Gasteiger partial charge >= 0.3 is 0 Å². The van der Waals surface area contributed by atoms with Crippen molar-refractivity contribution in [1.29, 1.82) is 0 Å². The lowest BCUT2D eigenvalue weighted by molar-refractivity contribution is 0.00696. The molecule has 0 aromatic heterocycles. The van der Waals surface area contributed by atoms with Crippen LogP contribution in [0.3, 0.4) is 0 Å². The summed E-state index contributed by atoms with van der Waals surface area (Å²) in [5, 5.41) is 0. The van der Waals surface area contributed by atoms with Gasteiger partial charge in [0.2, 0.25) is 0 Å². The van der Waals surface area contributed by atoms with Crippen molar-refractivity contribution in [3.8, 4) is 0 Å². The topological polar surface area (TPSA) is 21.3 Å². The molecule has 2 aromatic carbocycles. The zero-order valence-electron chi connectivity index (χ0n) is 10.6. The first-order valence-corrected chi connectivity index (χ1v) is 6.82. The van der Waals surface area contributed by atoms with Crippen LogP contribution in [0.1, 0.15) is 24.1 Å². The molecule has 0 radical (unpaired) electrons. The first-order chi connectivity index (χ1) is 9.16. The van der Waals surface area contributed by atoms with Crippen molar-refractivity contribution in [3.05, 3.63) is 69.9 Å². The molecule has 1 atom stereocenters. The largest absolute Gasteiger partial charge is 0.296 e. The Balaban J connectivity index is 1.87. The van der Waals surface area contributed by atoms with Gasteiger partial charge < -0.3 is 0 Å². The van der Waals surface area contributed by atoms with E-state index in [2.05, 4.69) is 21.4 Å². The Bertz CT molecular complexity index is 533. The number of benzene rings is 2. The molecule has 0 saturated carbocycles. The molecule has 2 nitrogen and oxygen atoms in total. The number of hydrogen-bond donors (Lipinski definition) is 1. The molecule has 1 N–H and O–H groups in total. The Morgan fingerprint density at radius 3 is 2.63 bits per heavy atom. The summed E-state index contributed by atoms with van der Waals surface area (Å²) in [4.78, 5) is 5.45. The van der Waals surface area contributed by atoms with Crippen LogP contribution in [0.4, 0.5) is 4.39 Å². The van der Waals surface area contributed by atoms with Crippen LogP contribution in [0.25, 0.3) is 0 Å². The van der Waals surface area contributed by atoms with Gasteiger partial charge in [-0.25, -0.2) is 4.39 Å². The highest BCUT2D eigenvalue weighted by atomic mass is 79.9. The van der Waals surface area contributed by atoms with Gasteiger partial charge in [-0.2, -0.15) is 5.48 Å². The van der Waals surface area contributed by atoms with Crippen LogP contribution < -0.4 is 5.48 Å². The van der Waals surface area contributed by atoms with E-state index < -0.39 is 0 Å². The van der Waals surface area contributed by atoms with Crippen molar-refractivity contribution in [2.75, 3.05) is 0 Å². The zero-order chi connectivity index (χ0) is 13.7. The molecule has 0 spiro atoms. The van der Waals surface area contributed by atoms with Gasteiger partial charge in [0.1, 0.15) is 5.82 Å². The average molecular weight is 324 g/mol. The van der Waals surface area contributed by atoms with Crippen LogP contribution >= 0.6 is 15.9 Å². The Hall–Kier alpha value is -1.23. The average Bonchev–Trinajstić information content (AvgIpc) is 2.43. The van der Waals surface area contributed by atoms with Crippen molar-refractivity contribution >= 4 is 15.9 Å². The Labute approximate surface area is 120 Å². The van der Waals surface area contributed by atoms with Gasteiger partial charge in [-0.05, 0) is 46.1 Å². The van der Waals surface area contributed by atoms with Crippen molar-refractivity contribution in [3.63, 3.8) is 0 Å². The highest BCUT2D eigenvalue weighted by Crippen LogP contribution is 2.21. The van der Waals surface area contributed by atoms with Crippen molar-refractivity contribution in [2.45, 2.75) is 19.6 Å². The normalized spacial score (nSPS) is 12.4. The van der Waals surface area contributed by atoms with E-state index in [1.54, 1.807) is 12.1 Å². The van der Waals surface area contributed by atoms with Crippen molar-refractivity contribution in [2.24, 2.45) is 0 Å². The Morgan fingerprint density at radius 1 is 1.21 bits per heavy atom. The summed E-state index contributed by atoms with van der Waals surface area (Å²) in [5.41, 5.74) is 5.01. The van der Waals surface area contributed by atoms with Crippen LogP contribution in [0.5, 0.6) is 0 Å². The van der Waals surface area contributed by atoms with E-state index in [1.807, 2.05) is 37.3 Å². The van der Waals surface area contributed by atoms with Crippen LogP contribution in [0.2, 0.25) is 0 Å². The predicted molar refractivity (Wildman–Crippen MR) is 76.9 cm³/mol. The molecule has 0 aliphatic heterocycles. The van der Waals surface area contributed by atoms with Gasteiger partial charge in [0.05, 0.1) is 17.1 Å². The molecule has 0 bridgehead atoms. The van der Waals surface area contributed by atoms with E-state index in [1.165, 1.54) is 6.07 Å². The first-order valence-electron chi connectivity index (χ1n) is 6.03. The summed E-state index contributed by atoms with van der Waals surface area (Å²) in [5.74, 6) is -0.263. The first kappa shape index (κ1) is 14.2. The maximum atomic E-state index is 13.1. The minimum Gasteiger partial charge on any atom is -0.296 e. The summed E-state index contributed by atoms with van der Waals surface area (Å²) in [7, 11) is 0. The highest BCUT2D eigenvalue weighted by Gasteiger charge is 2.07.